The van der Waals surface area contributed by atoms with E-state index in [1.165, 1.54) is 0 Å². The van der Waals surface area contributed by atoms with Crippen LogP contribution in [-0.2, 0) is 11.1 Å². The first-order valence-electron chi connectivity index (χ1n) is 7.14. The third kappa shape index (κ3) is 1.72. The molecule has 0 amide bonds. The van der Waals surface area contributed by atoms with Gasteiger partial charge in [0, 0.05) is 6.54 Å². The minimum atomic E-state index is -0.857. The molecule has 1 fully saturated rings. The average Bonchev–Trinajstić information content (AvgIpc) is 2.75. The maximum atomic E-state index is 11.5. The van der Waals surface area contributed by atoms with Gasteiger partial charge >= 0.3 is 0 Å². The van der Waals surface area contributed by atoms with E-state index >= 15 is 0 Å². The molecule has 1 N–H and O–H groups in total. The highest BCUT2D eigenvalue weighted by atomic mass is 16.3. The molecule has 0 aliphatic carbocycles. The van der Waals surface area contributed by atoms with Crippen molar-refractivity contribution >= 4 is 0 Å². The van der Waals surface area contributed by atoms with Crippen LogP contribution in [0.2, 0.25) is 0 Å². The summed E-state index contributed by atoms with van der Waals surface area (Å²) >= 11 is 0. The van der Waals surface area contributed by atoms with Crippen LogP contribution in [-0.4, -0.2) is 23.6 Å². The summed E-state index contributed by atoms with van der Waals surface area (Å²) in [6.45, 7) is 3.03. The molecule has 1 saturated heterocycles. The topological polar surface area (TPSA) is 23.5 Å². The monoisotopic (exact) mass is 267 g/mol. The van der Waals surface area contributed by atoms with Crippen LogP contribution >= 0.6 is 0 Å². The van der Waals surface area contributed by atoms with Crippen LogP contribution < -0.4 is 0 Å². The van der Waals surface area contributed by atoms with Gasteiger partial charge in [-0.25, -0.2) is 0 Å². The van der Waals surface area contributed by atoms with Crippen molar-refractivity contribution in [2.24, 2.45) is 0 Å². The second kappa shape index (κ2) is 4.72. The van der Waals surface area contributed by atoms with E-state index < -0.39 is 11.1 Å². The van der Waals surface area contributed by atoms with Crippen LogP contribution in [0.25, 0.3) is 0 Å². The Morgan fingerprint density at radius 3 is 1.95 bits per heavy atom. The van der Waals surface area contributed by atoms with Gasteiger partial charge in [0.25, 0.3) is 0 Å². The molecule has 2 aromatic rings. The molecule has 0 bridgehead atoms. The van der Waals surface area contributed by atoms with Crippen molar-refractivity contribution in [2.75, 3.05) is 13.6 Å². The average molecular weight is 267 g/mol. The van der Waals surface area contributed by atoms with E-state index in [1.807, 2.05) is 48.5 Å². The molecule has 2 aromatic carbocycles. The summed E-state index contributed by atoms with van der Waals surface area (Å²) in [6.07, 6.45) is 0.749. The Bertz CT molecular complexity index is 583. The summed E-state index contributed by atoms with van der Waals surface area (Å²) in [6, 6.07) is 20.4. The highest BCUT2D eigenvalue weighted by Gasteiger charge is 2.55. The molecule has 3 rings (SSSR count). The summed E-state index contributed by atoms with van der Waals surface area (Å²) < 4.78 is 0. The molecular formula is C18H21NO. The second-order valence-electron chi connectivity index (χ2n) is 5.84. The Morgan fingerprint density at radius 2 is 1.40 bits per heavy atom. The van der Waals surface area contributed by atoms with Crippen molar-refractivity contribution in [2.45, 2.75) is 24.5 Å². The van der Waals surface area contributed by atoms with Gasteiger partial charge in [0.2, 0.25) is 0 Å². The van der Waals surface area contributed by atoms with Gasteiger partial charge < -0.3 is 5.11 Å². The molecular weight excluding hydrogens is 246 g/mol. The minimum absolute atomic E-state index is 0.407. The molecule has 0 saturated carbocycles. The lowest BCUT2D eigenvalue weighted by molar-refractivity contribution is -0.0570. The van der Waals surface area contributed by atoms with E-state index in [0.717, 1.165) is 24.1 Å². The lowest BCUT2D eigenvalue weighted by atomic mass is 9.72. The third-order valence-corrected chi connectivity index (χ3v) is 4.97. The highest BCUT2D eigenvalue weighted by molar-refractivity contribution is 5.37. The summed E-state index contributed by atoms with van der Waals surface area (Å²) in [4.78, 5) is 2.26. The number of nitrogens with zero attached hydrogens (tertiary/aromatic N) is 1. The van der Waals surface area contributed by atoms with Gasteiger partial charge in [0.1, 0.15) is 5.60 Å². The van der Waals surface area contributed by atoms with E-state index in [0.29, 0.717) is 0 Å². The van der Waals surface area contributed by atoms with Crippen molar-refractivity contribution in [3.8, 4) is 0 Å². The molecule has 0 radical (unpaired) electrons. The molecule has 2 heteroatoms. The van der Waals surface area contributed by atoms with Crippen LogP contribution in [0.15, 0.2) is 60.7 Å². The molecule has 1 aliphatic rings. The molecule has 0 spiro atoms. The van der Waals surface area contributed by atoms with Crippen molar-refractivity contribution in [3.63, 3.8) is 0 Å². The van der Waals surface area contributed by atoms with Gasteiger partial charge in [-0.1, -0.05) is 60.7 Å². The Balaban J connectivity index is 2.16. The van der Waals surface area contributed by atoms with Gasteiger partial charge in [-0.3, -0.25) is 4.90 Å². The van der Waals surface area contributed by atoms with E-state index in [1.54, 1.807) is 0 Å². The largest absolute Gasteiger partial charge is 0.383 e. The molecule has 104 valence electrons. The number of aliphatic hydroxyl groups is 1. The number of rotatable bonds is 2. The molecule has 1 heterocycles. The first-order valence-corrected chi connectivity index (χ1v) is 7.14. The lowest BCUT2D eigenvalue weighted by Crippen LogP contribution is -2.50. The molecule has 2 nitrogen and oxygen atoms in total. The standard InChI is InChI=1S/C18H21NO/c1-17(15-9-5-3-6-10-15)18(20,13-14-19(17)2)16-11-7-4-8-12-16/h3-12,20H,13-14H2,1-2H3/t17-,18+/m0/s1. The fourth-order valence-electron chi connectivity index (χ4n) is 3.47. The normalized spacial score (nSPS) is 30.6. The van der Waals surface area contributed by atoms with Gasteiger partial charge in [0.05, 0.1) is 5.54 Å². The van der Waals surface area contributed by atoms with Crippen molar-refractivity contribution < 1.29 is 5.11 Å². The van der Waals surface area contributed by atoms with E-state index in [2.05, 4.69) is 31.0 Å². The zero-order chi connectivity index (χ0) is 14.2. The predicted octanol–water partition coefficient (Wildman–Crippen LogP) is 3.13. The van der Waals surface area contributed by atoms with Gasteiger partial charge in [-0.05, 0) is 31.5 Å². The Hall–Kier alpha value is -1.64. The summed E-state index contributed by atoms with van der Waals surface area (Å²) in [5.41, 5.74) is 0.891. The van der Waals surface area contributed by atoms with E-state index in [4.69, 9.17) is 0 Å². The van der Waals surface area contributed by atoms with Crippen molar-refractivity contribution in [1.29, 1.82) is 0 Å². The molecule has 0 unspecified atom stereocenters. The number of likely N-dealkylation sites (N-methyl/N-ethyl adjacent to an activating group) is 1. The number of likely N-dealkylation sites (tertiary alicyclic amines) is 1. The zero-order valence-electron chi connectivity index (χ0n) is 12.1. The van der Waals surface area contributed by atoms with Crippen molar-refractivity contribution in [1.82, 2.24) is 4.90 Å². The number of benzene rings is 2. The summed E-state index contributed by atoms with van der Waals surface area (Å²) in [5, 5.41) is 11.5. The first kappa shape index (κ1) is 13.3. The fourth-order valence-corrected chi connectivity index (χ4v) is 3.47. The number of hydrogen-bond donors (Lipinski definition) is 1. The maximum Gasteiger partial charge on any atom is 0.113 e. The number of hydrogen-bond acceptors (Lipinski definition) is 2. The van der Waals surface area contributed by atoms with Gasteiger partial charge in [-0.2, -0.15) is 0 Å². The molecule has 20 heavy (non-hydrogen) atoms. The van der Waals surface area contributed by atoms with Crippen LogP contribution in [0.5, 0.6) is 0 Å². The fraction of sp³-hybridized carbons (Fsp3) is 0.333. The Labute approximate surface area is 120 Å². The van der Waals surface area contributed by atoms with Crippen molar-refractivity contribution in [3.05, 3.63) is 71.8 Å². The molecule has 2 atom stereocenters. The summed E-state index contributed by atoms with van der Waals surface area (Å²) in [7, 11) is 2.09. The Morgan fingerprint density at radius 1 is 0.900 bits per heavy atom. The smallest absolute Gasteiger partial charge is 0.113 e. The van der Waals surface area contributed by atoms with Crippen LogP contribution in [0.4, 0.5) is 0 Å². The van der Waals surface area contributed by atoms with E-state index in [9.17, 15) is 5.11 Å². The first-order chi connectivity index (χ1) is 9.59. The zero-order valence-corrected chi connectivity index (χ0v) is 12.1. The SMILES string of the molecule is CN1CC[C@@](O)(c2ccccc2)[C@]1(C)c1ccccc1. The van der Waals surface area contributed by atoms with E-state index in [-0.39, 0.29) is 0 Å². The van der Waals surface area contributed by atoms with Crippen LogP contribution in [0.1, 0.15) is 24.5 Å². The highest BCUT2D eigenvalue weighted by Crippen LogP contribution is 2.50. The molecule has 1 aliphatic heterocycles. The van der Waals surface area contributed by atoms with Crippen LogP contribution in [0.3, 0.4) is 0 Å². The third-order valence-electron chi connectivity index (χ3n) is 4.97. The second-order valence-corrected chi connectivity index (χ2v) is 5.84. The maximum absolute atomic E-state index is 11.5. The van der Waals surface area contributed by atoms with Gasteiger partial charge in [-0.15, -0.1) is 0 Å². The van der Waals surface area contributed by atoms with Crippen LogP contribution in [0, 0.1) is 0 Å². The predicted molar refractivity (Wildman–Crippen MR) is 81.4 cm³/mol. The summed E-state index contributed by atoms with van der Waals surface area (Å²) in [5.74, 6) is 0. The molecule has 0 aromatic heterocycles. The Kier molecular flexibility index (Phi) is 3.15. The lowest BCUT2D eigenvalue weighted by Gasteiger charge is -2.44. The minimum Gasteiger partial charge on any atom is -0.383 e. The van der Waals surface area contributed by atoms with Gasteiger partial charge in [0.15, 0.2) is 0 Å². The quantitative estimate of drug-likeness (QED) is 0.903.